The minimum Gasteiger partial charge on any atom is -0.390 e. The van der Waals surface area contributed by atoms with E-state index in [0.29, 0.717) is 6.54 Å². The van der Waals surface area contributed by atoms with Crippen molar-refractivity contribution in [1.29, 1.82) is 0 Å². The van der Waals surface area contributed by atoms with Crippen LogP contribution in [0.5, 0.6) is 0 Å². The lowest BCUT2D eigenvalue weighted by molar-refractivity contribution is 0.116. The molecule has 0 bridgehead atoms. The molecule has 0 aliphatic rings. The van der Waals surface area contributed by atoms with Crippen molar-refractivity contribution in [3.05, 3.63) is 21.9 Å². The molecule has 0 spiro atoms. The fraction of sp³-hybridized carbons (Fsp3) is 0.692. The van der Waals surface area contributed by atoms with Crippen LogP contribution < -0.4 is 5.32 Å². The zero-order valence-electron chi connectivity index (χ0n) is 11.1. The average Bonchev–Trinajstić information content (AvgIpc) is 2.72. The first-order valence-corrected chi connectivity index (χ1v) is 7.24. The maximum absolute atomic E-state index is 9.88. The molecule has 3 nitrogen and oxygen atoms in total. The molecule has 1 unspecified atom stereocenters. The van der Waals surface area contributed by atoms with Crippen molar-refractivity contribution in [2.75, 3.05) is 26.2 Å². The molecule has 0 aliphatic carbocycles. The molecule has 1 heterocycles. The van der Waals surface area contributed by atoms with Crippen molar-refractivity contribution in [2.24, 2.45) is 0 Å². The number of thiophene rings is 1. The topological polar surface area (TPSA) is 35.5 Å². The second-order valence-corrected chi connectivity index (χ2v) is 5.09. The van der Waals surface area contributed by atoms with Crippen molar-refractivity contribution < 1.29 is 5.11 Å². The first kappa shape index (κ1) is 14.6. The van der Waals surface area contributed by atoms with Gasteiger partial charge >= 0.3 is 0 Å². The van der Waals surface area contributed by atoms with Gasteiger partial charge in [-0.25, -0.2) is 0 Å². The van der Waals surface area contributed by atoms with E-state index in [0.717, 1.165) is 26.2 Å². The highest BCUT2D eigenvalue weighted by Crippen LogP contribution is 2.12. The quantitative estimate of drug-likeness (QED) is 0.745. The molecule has 1 atom stereocenters. The lowest BCUT2D eigenvalue weighted by atomic mass is 10.2. The normalized spacial score (nSPS) is 13.2. The summed E-state index contributed by atoms with van der Waals surface area (Å²) in [6, 6.07) is 0. The minimum atomic E-state index is -0.283. The largest absolute Gasteiger partial charge is 0.390 e. The van der Waals surface area contributed by atoms with Gasteiger partial charge in [0.2, 0.25) is 0 Å². The summed E-state index contributed by atoms with van der Waals surface area (Å²) in [5.74, 6) is 0. The molecule has 0 amide bonds. The molecule has 1 rings (SSSR count). The number of likely N-dealkylation sites (N-methyl/N-ethyl adjacent to an activating group) is 1. The first-order chi connectivity index (χ1) is 8.17. The summed E-state index contributed by atoms with van der Waals surface area (Å²) in [5, 5.41) is 17.5. The number of hydrogen-bond donors (Lipinski definition) is 2. The van der Waals surface area contributed by atoms with Crippen LogP contribution in [0.1, 0.15) is 25.0 Å². The Balaban J connectivity index is 2.20. The van der Waals surface area contributed by atoms with Crippen molar-refractivity contribution in [3.63, 3.8) is 0 Å². The highest BCUT2D eigenvalue weighted by atomic mass is 32.1. The van der Waals surface area contributed by atoms with Gasteiger partial charge in [-0.3, -0.25) is 0 Å². The lowest BCUT2D eigenvalue weighted by Crippen LogP contribution is -2.38. The third kappa shape index (κ3) is 5.17. The molecule has 0 saturated heterocycles. The molecule has 0 radical (unpaired) electrons. The van der Waals surface area contributed by atoms with Crippen LogP contribution in [0, 0.1) is 6.92 Å². The van der Waals surface area contributed by atoms with Crippen LogP contribution in [0.3, 0.4) is 0 Å². The predicted octanol–water partition coefficient (Wildman–Crippen LogP) is 1.85. The van der Waals surface area contributed by atoms with Crippen LogP contribution in [0.25, 0.3) is 0 Å². The van der Waals surface area contributed by atoms with Gasteiger partial charge in [-0.1, -0.05) is 13.8 Å². The Morgan fingerprint density at radius 2 is 2.06 bits per heavy atom. The molecule has 17 heavy (non-hydrogen) atoms. The summed E-state index contributed by atoms with van der Waals surface area (Å²) < 4.78 is 0. The molecule has 0 aliphatic heterocycles. The number of aryl methyl sites for hydroxylation is 1. The first-order valence-electron chi connectivity index (χ1n) is 6.30. The van der Waals surface area contributed by atoms with Crippen LogP contribution in [0.15, 0.2) is 10.8 Å². The predicted molar refractivity (Wildman–Crippen MR) is 74.6 cm³/mol. The van der Waals surface area contributed by atoms with Gasteiger partial charge in [0.15, 0.2) is 0 Å². The van der Waals surface area contributed by atoms with Crippen molar-refractivity contribution in [2.45, 2.75) is 33.4 Å². The van der Waals surface area contributed by atoms with Crippen LogP contribution in [-0.4, -0.2) is 42.3 Å². The van der Waals surface area contributed by atoms with E-state index in [1.165, 1.54) is 11.1 Å². The average molecular weight is 256 g/mol. The third-order valence-electron chi connectivity index (χ3n) is 3.02. The molecule has 0 fully saturated rings. The second kappa shape index (κ2) is 7.82. The summed E-state index contributed by atoms with van der Waals surface area (Å²) in [6.45, 7) is 10.6. The van der Waals surface area contributed by atoms with Crippen LogP contribution in [0.4, 0.5) is 0 Å². The van der Waals surface area contributed by atoms with Crippen molar-refractivity contribution in [3.8, 4) is 0 Å². The van der Waals surface area contributed by atoms with Gasteiger partial charge in [-0.15, -0.1) is 0 Å². The highest BCUT2D eigenvalue weighted by molar-refractivity contribution is 7.08. The summed E-state index contributed by atoms with van der Waals surface area (Å²) in [5.41, 5.74) is 2.67. The minimum absolute atomic E-state index is 0.283. The van der Waals surface area contributed by atoms with Crippen LogP contribution in [0.2, 0.25) is 0 Å². The third-order valence-corrected chi connectivity index (χ3v) is 3.93. The number of aliphatic hydroxyl groups is 1. The molecule has 0 saturated carbocycles. The molecule has 98 valence electrons. The Kier molecular flexibility index (Phi) is 6.73. The molecular weight excluding hydrogens is 232 g/mol. The Morgan fingerprint density at radius 3 is 2.59 bits per heavy atom. The van der Waals surface area contributed by atoms with Gasteiger partial charge in [-0.2, -0.15) is 11.3 Å². The monoisotopic (exact) mass is 256 g/mol. The Morgan fingerprint density at radius 1 is 1.35 bits per heavy atom. The Bertz CT molecular complexity index is 310. The number of rotatable bonds is 8. The number of hydrogen-bond acceptors (Lipinski definition) is 4. The number of nitrogens with zero attached hydrogens (tertiary/aromatic N) is 1. The Hall–Kier alpha value is -0.420. The summed E-state index contributed by atoms with van der Waals surface area (Å²) >= 11 is 1.73. The van der Waals surface area contributed by atoms with E-state index in [9.17, 15) is 5.11 Å². The van der Waals surface area contributed by atoms with Crippen LogP contribution in [-0.2, 0) is 6.54 Å². The van der Waals surface area contributed by atoms with Gasteiger partial charge in [0.25, 0.3) is 0 Å². The summed E-state index contributed by atoms with van der Waals surface area (Å²) in [4.78, 5) is 2.24. The van der Waals surface area contributed by atoms with Gasteiger partial charge in [0.1, 0.15) is 0 Å². The lowest BCUT2D eigenvalue weighted by Gasteiger charge is -2.22. The molecular formula is C13H24N2OS. The number of aliphatic hydroxyl groups excluding tert-OH is 1. The van der Waals surface area contributed by atoms with Gasteiger partial charge in [0.05, 0.1) is 6.10 Å². The molecule has 1 aromatic rings. The van der Waals surface area contributed by atoms with Gasteiger partial charge < -0.3 is 15.3 Å². The molecule has 2 N–H and O–H groups in total. The van der Waals surface area contributed by atoms with Gasteiger partial charge in [-0.05, 0) is 41.9 Å². The van der Waals surface area contributed by atoms with E-state index in [1.807, 2.05) is 0 Å². The fourth-order valence-corrected chi connectivity index (χ4v) is 2.64. The fourth-order valence-electron chi connectivity index (χ4n) is 1.79. The summed E-state index contributed by atoms with van der Waals surface area (Å²) in [6.07, 6.45) is -0.283. The van der Waals surface area contributed by atoms with E-state index in [1.54, 1.807) is 11.3 Å². The molecule has 0 aromatic carbocycles. The molecule has 1 aromatic heterocycles. The maximum atomic E-state index is 9.88. The SMILES string of the molecule is CCN(CC)CC(O)CNCc1cscc1C. The second-order valence-electron chi connectivity index (χ2n) is 4.35. The maximum Gasteiger partial charge on any atom is 0.0791 e. The standard InChI is InChI=1S/C13H24N2OS/c1-4-15(5-2)8-13(16)7-14-6-12-10-17-9-11(12)3/h9-10,13-14,16H,4-8H2,1-3H3. The smallest absolute Gasteiger partial charge is 0.0791 e. The molecule has 4 heteroatoms. The van der Waals surface area contributed by atoms with Gasteiger partial charge in [0, 0.05) is 19.6 Å². The summed E-state index contributed by atoms with van der Waals surface area (Å²) in [7, 11) is 0. The van der Waals surface area contributed by atoms with Crippen LogP contribution >= 0.6 is 11.3 Å². The van der Waals surface area contributed by atoms with E-state index in [-0.39, 0.29) is 6.10 Å². The van der Waals surface area contributed by atoms with Crippen molar-refractivity contribution in [1.82, 2.24) is 10.2 Å². The highest BCUT2D eigenvalue weighted by Gasteiger charge is 2.08. The van der Waals surface area contributed by atoms with E-state index < -0.39 is 0 Å². The number of nitrogens with one attached hydrogen (secondary N) is 1. The van der Waals surface area contributed by atoms with E-state index in [2.05, 4.69) is 41.7 Å². The van der Waals surface area contributed by atoms with E-state index in [4.69, 9.17) is 0 Å². The Labute approximate surface area is 108 Å². The zero-order valence-corrected chi connectivity index (χ0v) is 11.9. The van der Waals surface area contributed by atoms with E-state index >= 15 is 0 Å². The van der Waals surface area contributed by atoms with Crippen molar-refractivity contribution >= 4 is 11.3 Å². The zero-order chi connectivity index (χ0) is 12.7.